The van der Waals surface area contributed by atoms with Crippen molar-refractivity contribution in [3.63, 3.8) is 0 Å². The van der Waals surface area contributed by atoms with Crippen molar-refractivity contribution in [2.75, 3.05) is 6.26 Å². The van der Waals surface area contributed by atoms with Gasteiger partial charge in [-0.3, -0.25) is 0 Å². The Bertz CT molecular complexity index is 1410. The Morgan fingerprint density at radius 2 is 1.69 bits per heavy atom. The summed E-state index contributed by atoms with van der Waals surface area (Å²) in [4.78, 5) is 2.24. The average Bonchev–Trinajstić information content (AvgIpc) is 3.36. The molecular formula is C25H26N2O3S2. The quantitative estimate of drug-likeness (QED) is 0.421. The van der Waals surface area contributed by atoms with Crippen LogP contribution in [0.15, 0.2) is 65.6 Å². The van der Waals surface area contributed by atoms with Crippen LogP contribution in [0.4, 0.5) is 0 Å². The van der Waals surface area contributed by atoms with Gasteiger partial charge in [0, 0.05) is 11.1 Å². The van der Waals surface area contributed by atoms with Gasteiger partial charge in [0.2, 0.25) is 0 Å². The highest BCUT2D eigenvalue weighted by atomic mass is 32.2. The van der Waals surface area contributed by atoms with Crippen molar-refractivity contribution in [3.8, 4) is 26.7 Å². The normalized spacial score (nSPS) is 12.3. The van der Waals surface area contributed by atoms with Gasteiger partial charge in [0.25, 0.3) is 0 Å². The van der Waals surface area contributed by atoms with E-state index in [9.17, 15) is 13.5 Å². The van der Waals surface area contributed by atoms with E-state index in [1.807, 2.05) is 42.8 Å². The molecule has 7 heteroatoms. The Kier molecular flexibility index (Phi) is 5.61. The molecule has 1 N–H and O–H groups in total. The fraction of sp³-hybridized carbons (Fsp3) is 0.240. The number of nitrogens with zero attached hydrogens (tertiary/aromatic N) is 2. The van der Waals surface area contributed by atoms with Crippen LogP contribution < -0.4 is 0 Å². The van der Waals surface area contributed by atoms with Crippen molar-refractivity contribution in [2.24, 2.45) is 0 Å². The SMILES string of the molecule is Cc1ccc(C)c(-n2nc(C(C)(C)O)cc2-c2ccc(-c3cccc(S(C)(=O)=O)c3)s2)c1. The van der Waals surface area contributed by atoms with E-state index in [0.717, 1.165) is 37.8 Å². The van der Waals surface area contributed by atoms with E-state index in [1.54, 1.807) is 43.4 Å². The van der Waals surface area contributed by atoms with Gasteiger partial charge in [-0.15, -0.1) is 11.3 Å². The van der Waals surface area contributed by atoms with Gasteiger partial charge < -0.3 is 5.11 Å². The molecule has 2 aromatic heterocycles. The summed E-state index contributed by atoms with van der Waals surface area (Å²) < 4.78 is 25.8. The molecule has 0 aliphatic carbocycles. The van der Waals surface area contributed by atoms with Crippen molar-refractivity contribution in [1.29, 1.82) is 0 Å². The first kappa shape index (κ1) is 22.5. The van der Waals surface area contributed by atoms with Crippen LogP contribution in [-0.2, 0) is 15.4 Å². The molecule has 0 fully saturated rings. The van der Waals surface area contributed by atoms with Gasteiger partial charge in [-0.2, -0.15) is 5.10 Å². The van der Waals surface area contributed by atoms with E-state index in [0.29, 0.717) is 10.6 Å². The minimum Gasteiger partial charge on any atom is -0.384 e. The number of hydrogen-bond donors (Lipinski definition) is 1. The Balaban J connectivity index is 1.86. The van der Waals surface area contributed by atoms with Crippen molar-refractivity contribution in [2.45, 2.75) is 38.2 Å². The van der Waals surface area contributed by atoms with Crippen LogP contribution in [0.5, 0.6) is 0 Å². The van der Waals surface area contributed by atoms with E-state index in [4.69, 9.17) is 5.10 Å². The lowest BCUT2D eigenvalue weighted by Gasteiger charge is -2.13. The number of aryl methyl sites for hydroxylation is 2. The van der Waals surface area contributed by atoms with Crippen LogP contribution in [0.25, 0.3) is 26.7 Å². The minimum atomic E-state index is -3.28. The lowest BCUT2D eigenvalue weighted by molar-refractivity contribution is 0.0734. The topological polar surface area (TPSA) is 72.2 Å². The zero-order valence-electron chi connectivity index (χ0n) is 18.7. The summed E-state index contributed by atoms with van der Waals surface area (Å²) in [6, 6.07) is 19.1. The molecule has 32 heavy (non-hydrogen) atoms. The van der Waals surface area contributed by atoms with Gasteiger partial charge >= 0.3 is 0 Å². The van der Waals surface area contributed by atoms with E-state index in [1.165, 1.54) is 6.26 Å². The zero-order valence-corrected chi connectivity index (χ0v) is 20.4. The van der Waals surface area contributed by atoms with E-state index in [2.05, 4.69) is 18.2 Å². The molecule has 166 valence electrons. The molecule has 0 saturated carbocycles. The third kappa shape index (κ3) is 4.41. The second-order valence-electron chi connectivity index (χ2n) is 8.64. The summed E-state index contributed by atoms with van der Waals surface area (Å²) in [5, 5.41) is 15.4. The maximum atomic E-state index is 12.0. The van der Waals surface area contributed by atoms with Crippen LogP contribution in [0.2, 0.25) is 0 Å². The first-order valence-electron chi connectivity index (χ1n) is 10.2. The lowest BCUT2D eigenvalue weighted by Crippen LogP contribution is -2.16. The molecule has 0 radical (unpaired) electrons. The first-order chi connectivity index (χ1) is 14.9. The van der Waals surface area contributed by atoms with Crippen LogP contribution in [0.3, 0.4) is 0 Å². The van der Waals surface area contributed by atoms with Crippen LogP contribution in [0.1, 0.15) is 30.7 Å². The van der Waals surface area contributed by atoms with Crippen LogP contribution in [0, 0.1) is 13.8 Å². The maximum Gasteiger partial charge on any atom is 0.175 e. The molecule has 0 aliphatic heterocycles. The highest BCUT2D eigenvalue weighted by Crippen LogP contribution is 2.38. The van der Waals surface area contributed by atoms with Crippen molar-refractivity contribution < 1.29 is 13.5 Å². The lowest BCUT2D eigenvalue weighted by atomic mass is 10.1. The summed E-state index contributed by atoms with van der Waals surface area (Å²) in [6.07, 6.45) is 1.22. The predicted octanol–water partition coefficient (Wildman–Crippen LogP) is 5.52. The monoisotopic (exact) mass is 466 g/mol. The predicted molar refractivity (Wildman–Crippen MR) is 130 cm³/mol. The number of benzene rings is 2. The second kappa shape index (κ2) is 7.99. The number of aliphatic hydroxyl groups is 1. The molecule has 0 atom stereocenters. The van der Waals surface area contributed by atoms with Gasteiger partial charge in [0.1, 0.15) is 5.60 Å². The molecule has 2 aromatic carbocycles. The Labute approximate surface area is 192 Å². The summed E-state index contributed by atoms with van der Waals surface area (Å²) in [7, 11) is -3.28. The molecule has 0 bridgehead atoms. The van der Waals surface area contributed by atoms with Crippen molar-refractivity contribution in [3.05, 3.63) is 77.5 Å². The number of thiophene rings is 1. The molecule has 0 spiro atoms. The average molecular weight is 467 g/mol. The van der Waals surface area contributed by atoms with Gasteiger partial charge in [0.05, 0.1) is 26.8 Å². The molecule has 4 aromatic rings. The summed E-state index contributed by atoms with van der Waals surface area (Å²) in [5.41, 5.74) is 4.41. The largest absolute Gasteiger partial charge is 0.384 e. The molecule has 2 heterocycles. The third-order valence-corrected chi connectivity index (χ3v) is 7.60. The van der Waals surface area contributed by atoms with Gasteiger partial charge in [-0.05, 0) is 80.8 Å². The highest BCUT2D eigenvalue weighted by molar-refractivity contribution is 7.90. The minimum absolute atomic E-state index is 0.301. The molecule has 5 nitrogen and oxygen atoms in total. The van der Waals surface area contributed by atoms with Crippen LogP contribution >= 0.6 is 11.3 Å². The highest BCUT2D eigenvalue weighted by Gasteiger charge is 2.24. The Morgan fingerprint density at radius 3 is 2.38 bits per heavy atom. The molecule has 0 unspecified atom stereocenters. The summed E-state index contributed by atoms with van der Waals surface area (Å²) >= 11 is 1.56. The summed E-state index contributed by atoms with van der Waals surface area (Å²) in [6.45, 7) is 7.54. The molecule has 4 rings (SSSR count). The van der Waals surface area contributed by atoms with Crippen LogP contribution in [-0.4, -0.2) is 29.6 Å². The number of rotatable bonds is 5. The molecule has 0 saturated heterocycles. The third-order valence-electron chi connectivity index (χ3n) is 5.33. The molecule has 0 aliphatic rings. The van der Waals surface area contributed by atoms with Crippen molar-refractivity contribution >= 4 is 21.2 Å². The zero-order chi connectivity index (χ0) is 23.3. The van der Waals surface area contributed by atoms with Crippen molar-refractivity contribution in [1.82, 2.24) is 9.78 Å². The maximum absolute atomic E-state index is 12.0. The Hall–Kier alpha value is -2.74. The molecular weight excluding hydrogens is 440 g/mol. The van der Waals surface area contributed by atoms with E-state index >= 15 is 0 Å². The fourth-order valence-corrected chi connectivity index (χ4v) is 5.17. The summed E-state index contributed by atoms with van der Waals surface area (Å²) in [5.74, 6) is 0. The second-order valence-corrected chi connectivity index (χ2v) is 11.7. The van der Waals surface area contributed by atoms with Gasteiger partial charge in [0.15, 0.2) is 9.84 Å². The standard InChI is InChI=1S/C25H26N2O3S2/c1-16-9-10-17(2)20(13-16)27-21(15-24(26-27)25(3,4)28)23-12-11-22(31-23)18-7-6-8-19(14-18)32(5,29)30/h6-15,28H,1-5H3. The van der Waals surface area contributed by atoms with E-state index in [-0.39, 0.29) is 0 Å². The fourth-order valence-electron chi connectivity index (χ4n) is 3.50. The first-order valence-corrected chi connectivity index (χ1v) is 13.0. The van der Waals surface area contributed by atoms with Gasteiger partial charge in [-0.1, -0.05) is 24.3 Å². The molecule has 0 amide bonds. The van der Waals surface area contributed by atoms with E-state index < -0.39 is 15.4 Å². The van der Waals surface area contributed by atoms with Gasteiger partial charge in [-0.25, -0.2) is 13.1 Å². The number of sulfone groups is 1. The Morgan fingerprint density at radius 1 is 0.969 bits per heavy atom. The number of hydrogen-bond acceptors (Lipinski definition) is 5. The smallest absolute Gasteiger partial charge is 0.175 e. The number of aromatic nitrogens is 2.